The normalized spacial score (nSPS) is 11.5. The van der Waals surface area contributed by atoms with Gasteiger partial charge in [0.2, 0.25) is 0 Å². The summed E-state index contributed by atoms with van der Waals surface area (Å²) in [5.41, 5.74) is 2.35. The van der Waals surface area contributed by atoms with Crippen molar-refractivity contribution in [1.82, 2.24) is 9.55 Å². The molecule has 0 bridgehead atoms. The molecule has 0 spiro atoms. The molecule has 2 aromatic rings. The number of alkyl halides is 2. The van der Waals surface area contributed by atoms with Gasteiger partial charge in [0, 0.05) is 4.90 Å². The first-order valence-corrected chi connectivity index (χ1v) is 4.96. The lowest BCUT2D eigenvalue weighted by Crippen LogP contribution is -2.05. The van der Waals surface area contributed by atoms with Gasteiger partial charge in [0.15, 0.2) is 0 Å². The predicted molar refractivity (Wildman–Crippen MR) is 57.7 cm³/mol. The van der Waals surface area contributed by atoms with E-state index in [9.17, 15) is 8.78 Å². The molecule has 0 N–H and O–H groups in total. The number of imidazole rings is 1. The number of benzene rings is 1. The van der Waals surface area contributed by atoms with Crippen molar-refractivity contribution in [3.05, 3.63) is 24.0 Å². The minimum absolute atomic E-state index is 0.325. The lowest BCUT2D eigenvalue weighted by Gasteiger charge is -2.06. The monoisotopic (exact) mass is 228 g/mol. The third-order valence-electron chi connectivity index (χ3n) is 2.34. The molecule has 2 nitrogen and oxygen atoms in total. The molecule has 0 aliphatic heterocycles. The Bertz CT molecular complexity index is 493. The number of hydrogen-bond acceptors (Lipinski definition) is 2. The molecule has 1 aromatic heterocycles. The molecule has 80 valence electrons. The Labute approximate surface area is 91.3 Å². The number of rotatable bonds is 2. The summed E-state index contributed by atoms with van der Waals surface area (Å²) in [6.07, 6.45) is -0.929. The van der Waals surface area contributed by atoms with Gasteiger partial charge in [0.1, 0.15) is 0 Å². The van der Waals surface area contributed by atoms with Crippen molar-refractivity contribution < 1.29 is 8.78 Å². The summed E-state index contributed by atoms with van der Waals surface area (Å²) in [7, 11) is 0. The van der Waals surface area contributed by atoms with Crippen LogP contribution in [0.2, 0.25) is 0 Å². The predicted octanol–water partition coefficient (Wildman–Crippen LogP) is 2.90. The summed E-state index contributed by atoms with van der Waals surface area (Å²) in [5, 5.41) is 0. The number of fused-ring (bicyclic) bond motifs is 1. The second kappa shape index (κ2) is 3.81. The van der Waals surface area contributed by atoms with E-state index in [-0.39, 0.29) is 6.54 Å². The van der Waals surface area contributed by atoms with E-state index in [0.717, 1.165) is 21.5 Å². The molecule has 0 amide bonds. The Morgan fingerprint density at radius 3 is 2.87 bits per heavy atom. The third-order valence-corrected chi connectivity index (χ3v) is 2.82. The van der Waals surface area contributed by atoms with Gasteiger partial charge in [-0.1, -0.05) is 0 Å². The fraction of sp³-hybridized carbons (Fsp3) is 0.300. The molecule has 0 atom stereocenters. The number of hydrogen-bond donors (Lipinski definition) is 1. The molecule has 0 fully saturated rings. The van der Waals surface area contributed by atoms with E-state index < -0.39 is 6.43 Å². The Kier molecular flexibility index (Phi) is 2.65. The number of nitrogens with zero attached hydrogens (tertiary/aromatic N) is 2. The summed E-state index contributed by atoms with van der Waals surface area (Å²) in [5.74, 6) is 0. The molecule has 0 saturated carbocycles. The number of thiol groups is 1. The van der Waals surface area contributed by atoms with Crippen molar-refractivity contribution >= 4 is 23.7 Å². The smallest absolute Gasteiger partial charge is 0.256 e. The van der Waals surface area contributed by atoms with Crippen molar-refractivity contribution in [2.75, 3.05) is 0 Å². The highest BCUT2D eigenvalue weighted by atomic mass is 32.1. The van der Waals surface area contributed by atoms with Gasteiger partial charge in [-0.3, -0.25) is 0 Å². The zero-order chi connectivity index (χ0) is 11.0. The zero-order valence-electron chi connectivity index (χ0n) is 8.11. The van der Waals surface area contributed by atoms with Gasteiger partial charge in [0.05, 0.1) is 23.9 Å². The van der Waals surface area contributed by atoms with E-state index in [0.29, 0.717) is 0 Å². The Morgan fingerprint density at radius 2 is 2.20 bits per heavy atom. The fourth-order valence-corrected chi connectivity index (χ4v) is 1.80. The van der Waals surface area contributed by atoms with Crippen LogP contribution in [-0.4, -0.2) is 16.0 Å². The van der Waals surface area contributed by atoms with Crippen LogP contribution < -0.4 is 0 Å². The Balaban J connectivity index is 2.61. The van der Waals surface area contributed by atoms with Crippen molar-refractivity contribution in [2.24, 2.45) is 0 Å². The van der Waals surface area contributed by atoms with E-state index in [1.165, 1.54) is 10.9 Å². The standard InChI is InChI=1S/C10H10F2N2S/c1-6-8(15)3-2-7-10(6)14(5-13-7)4-9(11)12/h2-3,5,9,15H,4H2,1H3. The molecule has 2 rings (SSSR count). The topological polar surface area (TPSA) is 17.8 Å². The maximum absolute atomic E-state index is 12.3. The highest BCUT2D eigenvalue weighted by Crippen LogP contribution is 2.23. The van der Waals surface area contributed by atoms with Crippen LogP contribution in [0.3, 0.4) is 0 Å². The van der Waals surface area contributed by atoms with Gasteiger partial charge in [-0.25, -0.2) is 13.8 Å². The quantitative estimate of drug-likeness (QED) is 0.782. The molecule has 0 unspecified atom stereocenters. The zero-order valence-corrected chi connectivity index (χ0v) is 9.01. The van der Waals surface area contributed by atoms with Crippen molar-refractivity contribution in [1.29, 1.82) is 0 Å². The highest BCUT2D eigenvalue weighted by Gasteiger charge is 2.11. The summed E-state index contributed by atoms with van der Waals surface area (Å²) < 4.78 is 26.0. The number of aromatic nitrogens is 2. The maximum atomic E-state index is 12.3. The average molecular weight is 228 g/mol. The molecule has 1 aromatic carbocycles. The second-order valence-corrected chi connectivity index (χ2v) is 3.85. The first-order valence-electron chi connectivity index (χ1n) is 4.51. The van der Waals surface area contributed by atoms with E-state index in [2.05, 4.69) is 17.6 Å². The highest BCUT2D eigenvalue weighted by molar-refractivity contribution is 7.80. The summed E-state index contributed by atoms with van der Waals surface area (Å²) in [6.45, 7) is 1.53. The van der Waals surface area contributed by atoms with E-state index in [4.69, 9.17) is 0 Å². The SMILES string of the molecule is Cc1c(S)ccc2ncn(CC(F)F)c12. The van der Waals surface area contributed by atoms with Crippen LogP contribution in [0.4, 0.5) is 8.78 Å². The Morgan fingerprint density at radius 1 is 1.47 bits per heavy atom. The molecular formula is C10H10F2N2S. The van der Waals surface area contributed by atoms with Crippen LogP contribution in [0.1, 0.15) is 5.56 Å². The molecule has 0 saturated heterocycles. The van der Waals surface area contributed by atoms with Crippen LogP contribution in [-0.2, 0) is 6.54 Å². The first kappa shape index (κ1) is 10.4. The van der Waals surface area contributed by atoms with E-state index >= 15 is 0 Å². The number of halogens is 2. The molecule has 5 heteroatoms. The van der Waals surface area contributed by atoms with Crippen LogP contribution in [0, 0.1) is 6.92 Å². The molecular weight excluding hydrogens is 218 g/mol. The van der Waals surface area contributed by atoms with Gasteiger partial charge in [-0.2, -0.15) is 0 Å². The van der Waals surface area contributed by atoms with Gasteiger partial charge in [0.25, 0.3) is 6.43 Å². The van der Waals surface area contributed by atoms with Gasteiger partial charge < -0.3 is 4.57 Å². The summed E-state index contributed by atoms with van der Waals surface area (Å²) >= 11 is 4.26. The minimum atomic E-state index is -2.37. The minimum Gasteiger partial charge on any atom is -0.325 e. The lowest BCUT2D eigenvalue weighted by atomic mass is 10.2. The fourth-order valence-electron chi connectivity index (χ4n) is 1.62. The second-order valence-electron chi connectivity index (χ2n) is 3.37. The van der Waals surface area contributed by atoms with Gasteiger partial charge >= 0.3 is 0 Å². The molecule has 1 heterocycles. The van der Waals surface area contributed by atoms with Crippen LogP contribution in [0.25, 0.3) is 11.0 Å². The lowest BCUT2D eigenvalue weighted by molar-refractivity contribution is 0.128. The van der Waals surface area contributed by atoms with E-state index in [1.54, 1.807) is 6.07 Å². The van der Waals surface area contributed by atoms with Crippen LogP contribution in [0.5, 0.6) is 0 Å². The largest absolute Gasteiger partial charge is 0.325 e. The Hall–Kier alpha value is -1.10. The van der Waals surface area contributed by atoms with Crippen LogP contribution >= 0.6 is 12.6 Å². The van der Waals surface area contributed by atoms with Crippen molar-refractivity contribution in [2.45, 2.75) is 24.8 Å². The molecule has 0 radical (unpaired) electrons. The average Bonchev–Trinajstić information content (AvgIpc) is 2.55. The van der Waals surface area contributed by atoms with E-state index in [1.807, 2.05) is 13.0 Å². The summed E-state index contributed by atoms with van der Waals surface area (Å²) in [6, 6.07) is 3.60. The van der Waals surface area contributed by atoms with Crippen LogP contribution in [0.15, 0.2) is 23.4 Å². The molecule has 0 aliphatic carbocycles. The first-order chi connectivity index (χ1) is 7.09. The molecule has 15 heavy (non-hydrogen) atoms. The van der Waals surface area contributed by atoms with Gasteiger partial charge in [-0.15, -0.1) is 12.6 Å². The van der Waals surface area contributed by atoms with Crippen molar-refractivity contribution in [3.63, 3.8) is 0 Å². The molecule has 0 aliphatic rings. The maximum Gasteiger partial charge on any atom is 0.256 e. The van der Waals surface area contributed by atoms with Gasteiger partial charge in [-0.05, 0) is 24.6 Å². The summed E-state index contributed by atoms with van der Waals surface area (Å²) in [4.78, 5) is 4.86. The third kappa shape index (κ3) is 1.84. The van der Waals surface area contributed by atoms with Crippen molar-refractivity contribution in [3.8, 4) is 0 Å². The number of aryl methyl sites for hydroxylation is 1.